The number of carbonyl (C=O) groups excluding carboxylic acids is 2. The van der Waals surface area contributed by atoms with E-state index in [2.05, 4.69) is 15.6 Å². The number of nitrogens with zero attached hydrogens (tertiary/aromatic N) is 2. The lowest BCUT2D eigenvalue weighted by molar-refractivity contribution is -0.115. The molecule has 3 aromatic rings. The number of hydrogen-bond donors (Lipinski definition) is 2. The number of carbonyl (C=O) groups is 2. The Labute approximate surface area is 154 Å². The highest BCUT2D eigenvalue weighted by Crippen LogP contribution is 2.16. The zero-order valence-corrected chi connectivity index (χ0v) is 15.0. The summed E-state index contributed by atoms with van der Waals surface area (Å²) in [7, 11) is 1.90. The molecular formula is C18H18N4O3S. The summed E-state index contributed by atoms with van der Waals surface area (Å²) in [5.74, 6) is 0.940. The van der Waals surface area contributed by atoms with Crippen LogP contribution in [0, 0.1) is 0 Å². The number of rotatable bonds is 7. The van der Waals surface area contributed by atoms with Gasteiger partial charge in [0.05, 0.1) is 6.54 Å². The summed E-state index contributed by atoms with van der Waals surface area (Å²) in [5, 5.41) is 8.85. The Balaban J connectivity index is 1.45. The Bertz CT molecular complexity index is 872. The number of ether oxygens (including phenoxy) is 1. The predicted octanol–water partition coefficient (Wildman–Crippen LogP) is 2.43. The molecule has 0 atom stereocenters. The van der Waals surface area contributed by atoms with E-state index in [1.54, 1.807) is 41.9 Å². The molecule has 3 rings (SSSR count). The largest absolute Gasteiger partial charge is 0.486 e. The van der Waals surface area contributed by atoms with Crippen LogP contribution in [0.15, 0.2) is 53.5 Å². The molecular weight excluding hydrogens is 352 g/mol. The van der Waals surface area contributed by atoms with Crippen molar-refractivity contribution in [2.75, 3.05) is 11.9 Å². The SMILES string of the molecule is Cn1ccnc1COc1ccc(NC(=O)CNC(=O)c2ccsc2)cc1. The molecule has 134 valence electrons. The van der Waals surface area contributed by atoms with Crippen LogP contribution in [-0.2, 0) is 18.4 Å². The van der Waals surface area contributed by atoms with Gasteiger partial charge in [0.1, 0.15) is 18.2 Å². The Kier molecular flexibility index (Phi) is 5.65. The van der Waals surface area contributed by atoms with Crippen LogP contribution in [0.1, 0.15) is 16.2 Å². The number of benzene rings is 1. The summed E-state index contributed by atoms with van der Waals surface area (Å²) in [6.07, 6.45) is 3.57. The lowest BCUT2D eigenvalue weighted by atomic mass is 10.3. The van der Waals surface area contributed by atoms with Crippen LogP contribution >= 0.6 is 11.3 Å². The van der Waals surface area contributed by atoms with Gasteiger partial charge in [0.2, 0.25) is 5.91 Å². The number of amides is 2. The molecule has 0 radical (unpaired) electrons. The molecule has 2 aromatic heterocycles. The maximum Gasteiger partial charge on any atom is 0.252 e. The first kappa shape index (κ1) is 17.7. The molecule has 2 heterocycles. The third kappa shape index (κ3) is 4.70. The summed E-state index contributed by atoms with van der Waals surface area (Å²) >= 11 is 1.43. The van der Waals surface area contributed by atoms with Gasteiger partial charge in [0.25, 0.3) is 5.91 Å². The molecule has 7 nitrogen and oxygen atoms in total. The van der Waals surface area contributed by atoms with Crippen LogP contribution in [0.4, 0.5) is 5.69 Å². The van der Waals surface area contributed by atoms with E-state index in [9.17, 15) is 9.59 Å². The maximum absolute atomic E-state index is 11.9. The average molecular weight is 370 g/mol. The van der Waals surface area contributed by atoms with Crippen LogP contribution < -0.4 is 15.4 Å². The predicted molar refractivity (Wildman–Crippen MR) is 99.3 cm³/mol. The summed E-state index contributed by atoms with van der Waals surface area (Å²) in [6, 6.07) is 8.73. The molecule has 2 amide bonds. The lowest BCUT2D eigenvalue weighted by Gasteiger charge is -2.09. The van der Waals surface area contributed by atoms with Crippen molar-refractivity contribution in [3.63, 3.8) is 0 Å². The summed E-state index contributed by atoms with van der Waals surface area (Å²) in [5.41, 5.74) is 1.18. The number of anilines is 1. The number of aromatic nitrogens is 2. The summed E-state index contributed by atoms with van der Waals surface area (Å²) < 4.78 is 7.55. The molecule has 0 saturated heterocycles. The average Bonchev–Trinajstić information content (AvgIpc) is 3.31. The minimum absolute atomic E-state index is 0.0912. The number of thiophene rings is 1. The highest BCUT2D eigenvalue weighted by molar-refractivity contribution is 7.08. The van der Waals surface area contributed by atoms with E-state index in [-0.39, 0.29) is 18.4 Å². The second-order valence-electron chi connectivity index (χ2n) is 5.51. The minimum atomic E-state index is -0.296. The van der Waals surface area contributed by atoms with Gasteiger partial charge >= 0.3 is 0 Å². The smallest absolute Gasteiger partial charge is 0.252 e. The fourth-order valence-corrected chi connectivity index (χ4v) is 2.82. The highest BCUT2D eigenvalue weighted by Gasteiger charge is 2.08. The third-order valence-electron chi connectivity index (χ3n) is 3.62. The molecule has 0 bridgehead atoms. The first-order chi connectivity index (χ1) is 12.6. The quantitative estimate of drug-likeness (QED) is 0.669. The summed E-state index contributed by atoms with van der Waals surface area (Å²) in [4.78, 5) is 27.9. The van der Waals surface area contributed by atoms with Crippen LogP contribution in [0.25, 0.3) is 0 Å². The van der Waals surface area contributed by atoms with Crippen molar-refractivity contribution in [1.82, 2.24) is 14.9 Å². The van der Waals surface area contributed by atoms with Crippen molar-refractivity contribution < 1.29 is 14.3 Å². The zero-order chi connectivity index (χ0) is 18.4. The molecule has 1 aromatic carbocycles. The lowest BCUT2D eigenvalue weighted by Crippen LogP contribution is -2.32. The standard InChI is InChI=1S/C18H18N4O3S/c1-22-8-7-19-16(22)11-25-15-4-2-14(3-5-15)21-17(23)10-20-18(24)13-6-9-26-12-13/h2-9,12H,10-11H2,1H3,(H,20,24)(H,21,23). The van der Waals surface area contributed by atoms with Crippen molar-refractivity contribution >= 4 is 28.8 Å². The molecule has 0 aliphatic heterocycles. The van der Waals surface area contributed by atoms with Crippen molar-refractivity contribution in [2.24, 2.45) is 7.05 Å². The van der Waals surface area contributed by atoms with Crippen LogP contribution in [-0.4, -0.2) is 27.9 Å². The van der Waals surface area contributed by atoms with Crippen molar-refractivity contribution in [1.29, 1.82) is 0 Å². The van der Waals surface area contributed by atoms with E-state index in [0.717, 1.165) is 5.82 Å². The minimum Gasteiger partial charge on any atom is -0.486 e. The molecule has 2 N–H and O–H groups in total. The number of hydrogen-bond acceptors (Lipinski definition) is 5. The monoisotopic (exact) mass is 370 g/mol. The van der Waals surface area contributed by atoms with Gasteiger partial charge in [-0.1, -0.05) is 0 Å². The molecule has 0 unspecified atom stereocenters. The van der Waals surface area contributed by atoms with Crippen LogP contribution in [0.2, 0.25) is 0 Å². The van der Waals surface area contributed by atoms with Crippen LogP contribution in [0.5, 0.6) is 5.75 Å². The van der Waals surface area contributed by atoms with Gasteiger partial charge in [-0.25, -0.2) is 4.98 Å². The number of aryl methyl sites for hydroxylation is 1. The molecule has 0 spiro atoms. The van der Waals surface area contributed by atoms with Gasteiger partial charge in [-0.3, -0.25) is 9.59 Å². The zero-order valence-electron chi connectivity index (χ0n) is 14.1. The Morgan fingerprint density at radius 2 is 2.04 bits per heavy atom. The number of imidazole rings is 1. The van der Waals surface area contributed by atoms with Crippen molar-refractivity contribution in [3.05, 3.63) is 64.9 Å². The molecule has 26 heavy (non-hydrogen) atoms. The van der Waals surface area contributed by atoms with Gasteiger partial charge in [0, 0.05) is 36.1 Å². The van der Waals surface area contributed by atoms with E-state index < -0.39 is 0 Å². The highest BCUT2D eigenvalue weighted by atomic mass is 32.1. The normalized spacial score (nSPS) is 10.3. The van der Waals surface area contributed by atoms with Gasteiger partial charge in [-0.15, -0.1) is 0 Å². The van der Waals surface area contributed by atoms with E-state index >= 15 is 0 Å². The fraction of sp³-hybridized carbons (Fsp3) is 0.167. The maximum atomic E-state index is 11.9. The van der Waals surface area contributed by atoms with E-state index in [0.29, 0.717) is 23.6 Å². The second-order valence-corrected chi connectivity index (χ2v) is 6.29. The van der Waals surface area contributed by atoms with E-state index in [4.69, 9.17) is 4.74 Å². The fourth-order valence-electron chi connectivity index (χ4n) is 2.18. The van der Waals surface area contributed by atoms with E-state index in [1.807, 2.05) is 23.2 Å². The Morgan fingerprint density at radius 1 is 1.23 bits per heavy atom. The topological polar surface area (TPSA) is 85.2 Å². The first-order valence-corrected chi connectivity index (χ1v) is 8.85. The first-order valence-electron chi connectivity index (χ1n) is 7.91. The molecule has 8 heteroatoms. The van der Waals surface area contributed by atoms with Gasteiger partial charge < -0.3 is 19.9 Å². The van der Waals surface area contributed by atoms with Gasteiger partial charge in [-0.2, -0.15) is 11.3 Å². The number of nitrogens with one attached hydrogen (secondary N) is 2. The molecule has 0 aliphatic carbocycles. The Hall–Kier alpha value is -3.13. The molecule has 0 saturated carbocycles. The van der Waals surface area contributed by atoms with Gasteiger partial charge in [-0.05, 0) is 35.7 Å². The third-order valence-corrected chi connectivity index (χ3v) is 4.30. The van der Waals surface area contributed by atoms with Crippen molar-refractivity contribution in [2.45, 2.75) is 6.61 Å². The molecule has 0 aliphatic rings. The van der Waals surface area contributed by atoms with Crippen LogP contribution in [0.3, 0.4) is 0 Å². The van der Waals surface area contributed by atoms with E-state index in [1.165, 1.54) is 11.3 Å². The van der Waals surface area contributed by atoms with Crippen molar-refractivity contribution in [3.8, 4) is 5.75 Å². The molecule has 0 fully saturated rings. The van der Waals surface area contributed by atoms with Gasteiger partial charge in [0.15, 0.2) is 0 Å². The summed E-state index contributed by atoms with van der Waals surface area (Å²) in [6.45, 7) is 0.274. The Morgan fingerprint density at radius 3 is 2.69 bits per heavy atom. The second kappa shape index (κ2) is 8.30.